The Hall–Kier alpha value is -2.95. The highest BCUT2D eigenvalue weighted by Crippen LogP contribution is 2.24. The lowest BCUT2D eigenvalue weighted by molar-refractivity contribution is -0.112. The molecule has 0 radical (unpaired) electrons. The van der Waals surface area contributed by atoms with Gasteiger partial charge in [-0.1, -0.05) is 41.4 Å². The van der Waals surface area contributed by atoms with Gasteiger partial charge in [-0.25, -0.2) is 9.67 Å². The van der Waals surface area contributed by atoms with Gasteiger partial charge in [-0.2, -0.15) is 10.4 Å². The molecule has 8 heteroatoms. The van der Waals surface area contributed by atoms with E-state index in [0.29, 0.717) is 28.1 Å². The van der Waals surface area contributed by atoms with E-state index in [0.717, 1.165) is 5.56 Å². The fourth-order valence-electron chi connectivity index (χ4n) is 2.44. The van der Waals surface area contributed by atoms with Gasteiger partial charge < -0.3 is 0 Å². The summed E-state index contributed by atoms with van der Waals surface area (Å²) in [5.74, 6) is -0.533. The minimum Gasteiger partial charge on any atom is -0.297 e. The van der Waals surface area contributed by atoms with Crippen LogP contribution in [0.1, 0.15) is 22.4 Å². The number of benzene rings is 1. The molecule has 2 heterocycles. The normalized spacial score (nSPS) is 11.3. The van der Waals surface area contributed by atoms with Crippen molar-refractivity contribution >= 4 is 40.1 Å². The van der Waals surface area contributed by atoms with E-state index in [2.05, 4.69) is 15.4 Å². The zero-order chi connectivity index (χ0) is 19.4. The molecule has 3 aromatic rings. The number of hydrogen-bond donors (Lipinski definition) is 1. The first-order valence-corrected chi connectivity index (χ1v) is 9.35. The summed E-state index contributed by atoms with van der Waals surface area (Å²) < 4.78 is 1.65. The van der Waals surface area contributed by atoms with E-state index < -0.39 is 5.91 Å². The highest BCUT2D eigenvalue weighted by molar-refractivity contribution is 7.13. The van der Waals surface area contributed by atoms with Crippen molar-refractivity contribution in [3.8, 4) is 6.07 Å². The molecule has 136 valence electrons. The van der Waals surface area contributed by atoms with Gasteiger partial charge in [0, 0.05) is 17.1 Å². The number of carbonyl (C=O) groups is 1. The van der Waals surface area contributed by atoms with Gasteiger partial charge in [0.05, 0.1) is 12.2 Å². The number of aromatic nitrogens is 3. The Morgan fingerprint density at radius 3 is 2.74 bits per heavy atom. The van der Waals surface area contributed by atoms with E-state index >= 15 is 0 Å². The maximum Gasteiger partial charge on any atom is 0.268 e. The molecule has 0 aliphatic rings. The maximum absolute atomic E-state index is 12.3. The molecule has 1 N–H and O–H groups in total. The van der Waals surface area contributed by atoms with Gasteiger partial charge >= 0.3 is 0 Å². The lowest BCUT2D eigenvalue weighted by Gasteiger charge is -2.04. The lowest BCUT2D eigenvalue weighted by Crippen LogP contribution is -2.13. The zero-order valence-electron chi connectivity index (χ0n) is 14.7. The number of aryl methyl sites for hydroxylation is 2. The van der Waals surface area contributed by atoms with Crippen LogP contribution in [0.5, 0.6) is 0 Å². The Morgan fingerprint density at radius 2 is 2.11 bits per heavy atom. The van der Waals surface area contributed by atoms with Crippen molar-refractivity contribution in [2.45, 2.75) is 20.4 Å². The highest BCUT2D eigenvalue weighted by Gasteiger charge is 2.16. The van der Waals surface area contributed by atoms with E-state index in [1.165, 1.54) is 23.0 Å². The summed E-state index contributed by atoms with van der Waals surface area (Å²) in [6.07, 6.45) is 3.03. The van der Waals surface area contributed by atoms with Gasteiger partial charge in [-0.3, -0.25) is 10.1 Å². The van der Waals surface area contributed by atoms with Crippen LogP contribution in [0.3, 0.4) is 0 Å². The summed E-state index contributed by atoms with van der Waals surface area (Å²) in [5.41, 5.74) is 3.36. The van der Waals surface area contributed by atoms with Gasteiger partial charge in [0.15, 0.2) is 5.13 Å². The quantitative estimate of drug-likeness (QED) is 0.516. The molecule has 27 heavy (non-hydrogen) atoms. The monoisotopic (exact) mass is 397 g/mol. The number of hydrogen-bond acceptors (Lipinski definition) is 5. The number of nitrogens with one attached hydrogen (secondary N) is 1. The van der Waals surface area contributed by atoms with Crippen LogP contribution in [0, 0.1) is 25.2 Å². The number of nitrogens with zero attached hydrogens (tertiary/aromatic N) is 4. The number of rotatable bonds is 5. The Bertz CT molecular complexity index is 1030. The molecule has 2 aromatic heterocycles. The van der Waals surface area contributed by atoms with Gasteiger partial charge in [-0.15, -0.1) is 11.3 Å². The summed E-state index contributed by atoms with van der Waals surface area (Å²) in [4.78, 5) is 16.3. The van der Waals surface area contributed by atoms with Crippen LogP contribution in [0.4, 0.5) is 5.13 Å². The second-order valence-corrected chi connectivity index (χ2v) is 7.15. The number of nitriles is 1. The predicted octanol–water partition coefficient (Wildman–Crippen LogP) is 4.20. The maximum atomic E-state index is 12.3. The third-order valence-electron chi connectivity index (χ3n) is 3.87. The predicted molar refractivity (Wildman–Crippen MR) is 107 cm³/mol. The van der Waals surface area contributed by atoms with Crippen molar-refractivity contribution in [3.05, 3.63) is 69.0 Å². The summed E-state index contributed by atoms with van der Waals surface area (Å²) in [6.45, 7) is 4.32. The minimum atomic E-state index is -0.533. The molecule has 0 fully saturated rings. The second-order valence-electron chi connectivity index (χ2n) is 5.89. The van der Waals surface area contributed by atoms with Crippen molar-refractivity contribution in [2.24, 2.45) is 0 Å². The zero-order valence-corrected chi connectivity index (χ0v) is 16.3. The Labute approximate surface area is 165 Å². The molecule has 0 aliphatic carbocycles. The molecule has 0 spiro atoms. The molecular formula is C19H16ClN5OS. The number of halogens is 1. The smallest absolute Gasteiger partial charge is 0.268 e. The van der Waals surface area contributed by atoms with Crippen molar-refractivity contribution in [3.63, 3.8) is 0 Å². The lowest BCUT2D eigenvalue weighted by atomic mass is 10.1. The molecular weight excluding hydrogens is 382 g/mol. The molecule has 0 saturated heterocycles. The fraction of sp³-hybridized carbons (Fsp3) is 0.158. The molecule has 3 rings (SSSR count). The van der Waals surface area contributed by atoms with Crippen molar-refractivity contribution in [2.75, 3.05) is 5.32 Å². The summed E-state index contributed by atoms with van der Waals surface area (Å²) in [6, 6.07) is 9.99. The van der Waals surface area contributed by atoms with E-state index in [1.54, 1.807) is 23.2 Å². The summed E-state index contributed by atoms with van der Waals surface area (Å²) in [7, 11) is 0. The first kappa shape index (κ1) is 18.8. The van der Waals surface area contributed by atoms with Gasteiger partial charge in [0.2, 0.25) is 0 Å². The van der Waals surface area contributed by atoms with Gasteiger partial charge in [-0.05, 0) is 25.5 Å². The summed E-state index contributed by atoms with van der Waals surface area (Å²) in [5, 5.41) is 18.9. The van der Waals surface area contributed by atoms with E-state index in [-0.39, 0.29) is 5.57 Å². The van der Waals surface area contributed by atoms with Crippen LogP contribution in [-0.2, 0) is 11.3 Å². The van der Waals surface area contributed by atoms with Crippen LogP contribution in [0.2, 0.25) is 5.15 Å². The average Bonchev–Trinajstić information content (AvgIpc) is 3.24. The van der Waals surface area contributed by atoms with Crippen molar-refractivity contribution in [1.82, 2.24) is 14.8 Å². The number of thiazole rings is 1. The molecule has 0 saturated carbocycles. The number of amides is 1. The molecule has 0 unspecified atom stereocenters. The fourth-order valence-corrected chi connectivity index (χ4v) is 3.26. The van der Waals surface area contributed by atoms with E-state index in [9.17, 15) is 10.1 Å². The van der Waals surface area contributed by atoms with Crippen LogP contribution in [-0.4, -0.2) is 20.7 Å². The standard InChI is InChI=1S/C19H16ClN5OS/c1-12-3-5-14(6-4-12)11-25-17(20)16(13(2)24-25)9-15(10-21)18(26)23-19-22-7-8-27-19/h3-9H,11H2,1-2H3,(H,22,23,26)/b15-9+. The molecule has 1 aromatic carbocycles. The van der Waals surface area contributed by atoms with Gasteiger partial charge in [0.1, 0.15) is 16.8 Å². The SMILES string of the molecule is Cc1ccc(Cn2nc(C)c(/C=C(\C#N)C(=O)Nc3nccs3)c2Cl)cc1. The third kappa shape index (κ3) is 4.42. The van der Waals surface area contributed by atoms with E-state index in [1.807, 2.05) is 37.3 Å². The Balaban J connectivity index is 1.86. The largest absolute Gasteiger partial charge is 0.297 e. The topological polar surface area (TPSA) is 83.6 Å². The summed E-state index contributed by atoms with van der Waals surface area (Å²) >= 11 is 7.74. The average molecular weight is 398 g/mol. The molecule has 0 atom stereocenters. The Kier molecular flexibility index (Phi) is 5.69. The number of carbonyl (C=O) groups excluding carboxylic acids is 1. The molecule has 1 amide bonds. The number of anilines is 1. The molecule has 0 aliphatic heterocycles. The first-order valence-electron chi connectivity index (χ1n) is 8.09. The highest BCUT2D eigenvalue weighted by atomic mass is 35.5. The van der Waals surface area contributed by atoms with E-state index in [4.69, 9.17) is 11.6 Å². The Morgan fingerprint density at radius 1 is 1.37 bits per heavy atom. The minimum absolute atomic E-state index is 0.0647. The molecule has 0 bridgehead atoms. The van der Waals surface area contributed by atoms with Crippen molar-refractivity contribution in [1.29, 1.82) is 5.26 Å². The van der Waals surface area contributed by atoms with Crippen LogP contribution < -0.4 is 5.32 Å². The van der Waals surface area contributed by atoms with Crippen LogP contribution in [0.15, 0.2) is 41.4 Å². The van der Waals surface area contributed by atoms with Crippen LogP contribution >= 0.6 is 22.9 Å². The third-order valence-corrected chi connectivity index (χ3v) is 4.96. The van der Waals surface area contributed by atoms with Crippen LogP contribution in [0.25, 0.3) is 6.08 Å². The molecule has 6 nitrogen and oxygen atoms in total. The van der Waals surface area contributed by atoms with Crippen molar-refractivity contribution < 1.29 is 4.79 Å². The second kappa shape index (κ2) is 8.16. The first-order chi connectivity index (χ1) is 13.0. The van der Waals surface area contributed by atoms with Gasteiger partial charge in [0.25, 0.3) is 5.91 Å².